The molecule has 2 nitrogen and oxygen atoms in total. The minimum Gasteiger partial charge on any atom is -0.330 e. The second kappa shape index (κ2) is 6.66. The van der Waals surface area contributed by atoms with Gasteiger partial charge in [0.1, 0.15) is 0 Å². The molecule has 5 heteroatoms. The van der Waals surface area contributed by atoms with Crippen LogP contribution in [0.4, 0.5) is 0 Å². The van der Waals surface area contributed by atoms with Crippen molar-refractivity contribution in [2.75, 3.05) is 19.6 Å². The third-order valence-corrected chi connectivity index (χ3v) is 6.49. The van der Waals surface area contributed by atoms with Gasteiger partial charge in [-0.2, -0.15) is 0 Å². The van der Waals surface area contributed by atoms with Crippen molar-refractivity contribution < 1.29 is 0 Å². The molecule has 0 aliphatic carbocycles. The van der Waals surface area contributed by atoms with Gasteiger partial charge in [0, 0.05) is 22.4 Å². The number of halogens is 2. The minimum atomic E-state index is 0.806. The van der Waals surface area contributed by atoms with Gasteiger partial charge in [0.15, 0.2) is 0 Å². The third kappa shape index (κ3) is 4.03. The second-order valence-corrected chi connectivity index (χ2v) is 7.96. The fourth-order valence-corrected chi connectivity index (χ4v) is 4.68. The summed E-state index contributed by atoms with van der Waals surface area (Å²) in [5, 5.41) is 0. The predicted molar refractivity (Wildman–Crippen MR) is 81.4 cm³/mol. The summed E-state index contributed by atoms with van der Waals surface area (Å²) in [5.74, 6) is 0.806. The van der Waals surface area contributed by atoms with Gasteiger partial charge in [-0.05, 0) is 76.2 Å². The molecule has 0 aromatic carbocycles. The molecule has 0 bridgehead atoms. The normalized spacial score (nSPS) is 21.9. The summed E-state index contributed by atoms with van der Waals surface area (Å²) in [6.07, 6.45) is 3.85. The van der Waals surface area contributed by atoms with Gasteiger partial charge in [0.05, 0.1) is 3.79 Å². The van der Waals surface area contributed by atoms with Crippen molar-refractivity contribution in [3.63, 3.8) is 0 Å². The summed E-state index contributed by atoms with van der Waals surface area (Å²) in [7, 11) is 0. The van der Waals surface area contributed by atoms with Crippen molar-refractivity contribution in [1.82, 2.24) is 4.90 Å². The fourth-order valence-electron chi connectivity index (χ4n) is 2.46. The second-order valence-electron chi connectivity index (χ2n) is 4.66. The monoisotopic (exact) mass is 380 g/mol. The molecule has 96 valence electrons. The molecule has 1 aliphatic rings. The van der Waals surface area contributed by atoms with Gasteiger partial charge < -0.3 is 5.73 Å². The number of thiophene rings is 1. The van der Waals surface area contributed by atoms with Gasteiger partial charge in [0.25, 0.3) is 0 Å². The van der Waals surface area contributed by atoms with Crippen LogP contribution in [0.2, 0.25) is 0 Å². The molecule has 1 atom stereocenters. The molecular formula is C12H18Br2N2S. The van der Waals surface area contributed by atoms with Crippen LogP contribution in [0.15, 0.2) is 14.3 Å². The first-order valence-electron chi connectivity index (χ1n) is 6.05. The van der Waals surface area contributed by atoms with Crippen LogP contribution in [0, 0.1) is 5.92 Å². The van der Waals surface area contributed by atoms with E-state index in [1.807, 2.05) is 11.3 Å². The average molecular weight is 382 g/mol. The van der Waals surface area contributed by atoms with Crippen LogP contribution in [0.25, 0.3) is 0 Å². The lowest BCUT2D eigenvalue weighted by molar-refractivity contribution is 0.164. The summed E-state index contributed by atoms with van der Waals surface area (Å²) in [6.45, 7) is 4.35. The van der Waals surface area contributed by atoms with Crippen LogP contribution in [0.3, 0.4) is 0 Å². The molecule has 2 N–H and O–H groups in total. The molecule has 0 amide bonds. The Bertz CT molecular complexity index is 346. The minimum absolute atomic E-state index is 0.806. The zero-order chi connectivity index (χ0) is 12.3. The van der Waals surface area contributed by atoms with Gasteiger partial charge in [-0.1, -0.05) is 0 Å². The Labute approximate surface area is 124 Å². The largest absolute Gasteiger partial charge is 0.330 e. The van der Waals surface area contributed by atoms with Crippen LogP contribution in [0.1, 0.15) is 24.1 Å². The Morgan fingerprint density at radius 1 is 1.47 bits per heavy atom. The van der Waals surface area contributed by atoms with E-state index in [2.05, 4.69) is 42.8 Å². The predicted octanol–water partition coefficient (Wildman–Crippen LogP) is 3.83. The lowest BCUT2D eigenvalue weighted by Crippen LogP contribution is -2.35. The average Bonchev–Trinajstić information content (AvgIpc) is 2.59. The first-order chi connectivity index (χ1) is 8.19. The lowest BCUT2D eigenvalue weighted by Gasteiger charge is -2.32. The van der Waals surface area contributed by atoms with E-state index in [-0.39, 0.29) is 0 Å². The number of nitrogens with zero attached hydrogens (tertiary/aromatic N) is 1. The number of rotatable bonds is 4. The van der Waals surface area contributed by atoms with Crippen LogP contribution < -0.4 is 5.73 Å². The highest BCUT2D eigenvalue weighted by Gasteiger charge is 2.20. The van der Waals surface area contributed by atoms with Crippen molar-refractivity contribution >= 4 is 43.2 Å². The first kappa shape index (κ1) is 14.0. The molecule has 2 heterocycles. The third-order valence-electron chi connectivity index (χ3n) is 3.25. The maximum absolute atomic E-state index is 5.65. The molecule has 1 aliphatic heterocycles. The Morgan fingerprint density at radius 3 is 2.94 bits per heavy atom. The highest BCUT2D eigenvalue weighted by molar-refractivity contribution is 9.13. The zero-order valence-electron chi connectivity index (χ0n) is 9.79. The summed E-state index contributed by atoms with van der Waals surface area (Å²) in [5.41, 5.74) is 5.65. The van der Waals surface area contributed by atoms with Gasteiger partial charge in [-0.15, -0.1) is 11.3 Å². The summed E-state index contributed by atoms with van der Waals surface area (Å²) < 4.78 is 2.37. The smallest absolute Gasteiger partial charge is 0.0843 e. The number of likely N-dealkylation sites (tertiary alicyclic amines) is 1. The molecule has 17 heavy (non-hydrogen) atoms. The van der Waals surface area contributed by atoms with Crippen LogP contribution in [0.5, 0.6) is 0 Å². The van der Waals surface area contributed by atoms with Crippen LogP contribution in [-0.4, -0.2) is 24.5 Å². The molecule has 2 rings (SSSR count). The topological polar surface area (TPSA) is 29.3 Å². The lowest BCUT2D eigenvalue weighted by atomic mass is 9.95. The van der Waals surface area contributed by atoms with E-state index in [4.69, 9.17) is 5.73 Å². The number of hydrogen-bond donors (Lipinski definition) is 1. The molecule has 1 unspecified atom stereocenters. The molecule has 0 spiro atoms. The summed E-state index contributed by atoms with van der Waals surface area (Å²) in [6, 6.07) is 2.22. The molecule has 1 saturated heterocycles. The van der Waals surface area contributed by atoms with E-state index < -0.39 is 0 Å². The fraction of sp³-hybridized carbons (Fsp3) is 0.667. The van der Waals surface area contributed by atoms with Crippen molar-refractivity contribution in [2.24, 2.45) is 11.7 Å². The Morgan fingerprint density at radius 2 is 2.29 bits per heavy atom. The van der Waals surface area contributed by atoms with E-state index in [1.165, 1.54) is 45.5 Å². The van der Waals surface area contributed by atoms with Gasteiger partial charge in [0.2, 0.25) is 0 Å². The maximum atomic E-state index is 5.65. The van der Waals surface area contributed by atoms with Crippen molar-refractivity contribution in [3.8, 4) is 0 Å². The molecule has 0 radical (unpaired) electrons. The van der Waals surface area contributed by atoms with E-state index in [0.717, 1.165) is 19.0 Å². The summed E-state index contributed by atoms with van der Waals surface area (Å²) in [4.78, 5) is 3.99. The maximum Gasteiger partial charge on any atom is 0.0843 e. The molecule has 1 aromatic rings. The first-order valence-corrected chi connectivity index (χ1v) is 8.45. The van der Waals surface area contributed by atoms with Crippen molar-refractivity contribution in [2.45, 2.75) is 25.8 Å². The van der Waals surface area contributed by atoms with E-state index in [1.54, 1.807) is 0 Å². The van der Waals surface area contributed by atoms with E-state index in [9.17, 15) is 0 Å². The number of piperidine rings is 1. The van der Waals surface area contributed by atoms with Gasteiger partial charge >= 0.3 is 0 Å². The molecule has 1 fully saturated rings. The number of hydrogen-bond acceptors (Lipinski definition) is 3. The quantitative estimate of drug-likeness (QED) is 0.858. The molecule has 1 aromatic heterocycles. The van der Waals surface area contributed by atoms with Gasteiger partial charge in [-0.3, -0.25) is 4.90 Å². The van der Waals surface area contributed by atoms with Crippen molar-refractivity contribution in [3.05, 3.63) is 19.2 Å². The standard InChI is InChI=1S/C12H18Br2N2S/c13-11-6-10(17-12(11)14)8-16-5-1-2-9(7-16)3-4-15/h6,9H,1-5,7-8,15H2. The van der Waals surface area contributed by atoms with E-state index in [0.29, 0.717) is 0 Å². The van der Waals surface area contributed by atoms with Crippen molar-refractivity contribution in [1.29, 1.82) is 0 Å². The Balaban J connectivity index is 1.90. The van der Waals surface area contributed by atoms with E-state index >= 15 is 0 Å². The van der Waals surface area contributed by atoms with Gasteiger partial charge in [-0.25, -0.2) is 0 Å². The van der Waals surface area contributed by atoms with Crippen LogP contribution >= 0.6 is 43.2 Å². The van der Waals surface area contributed by atoms with Crippen LogP contribution in [-0.2, 0) is 6.54 Å². The Kier molecular flexibility index (Phi) is 5.49. The SMILES string of the molecule is NCCC1CCCN(Cc2cc(Br)c(Br)s2)C1. The Hall–Kier alpha value is 0.580. The molecule has 0 saturated carbocycles. The molecular weight excluding hydrogens is 364 g/mol. The zero-order valence-corrected chi connectivity index (χ0v) is 13.8. The highest BCUT2D eigenvalue weighted by Crippen LogP contribution is 2.33. The highest BCUT2D eigenvalue weighted by atomic mass is 79.9. The number of nitrogens with two attached hydrogens (primary N) is 1. The summed E-state index contributed by atoms with van der Waals surface area (Å²) >= 11 is 8.93.